The Morgan fingerprint density at radius 1 is 0.922 bits per heavy atom. The van der Waals surface area contributed by atoms with Gasteiger partial charge in [-0.25, -0.2) is 23.4 Å². The van der Waals surface area contributed by atoms with Crippen molar-refractivity contribution in [2.24, 2.45) is 5.92 Å². The van der Waals surface area contributed by atoms with E-state index in [0.717, 1.165) is 61.5 Å². The van der Waals surface area contributed by atoms with Gasteiger partial charge in [-0.15, -0.1) is 0 Å². The van der Waals surface area contributed by atoms with Crippen molar-refractivity contribution in [2.45, 2.75) is 70.9 Å². The average Bonchev–Trinajstić information content (AvgIpc) is 3.59. The van der Waals surface area contributed by atoms with Gasteiger partial charge >= 0.3 is 12.4 Å². The van der Waals surface area contributed by atoms with E-state index in [0.29, 0.717) is 23.8 Å². The topological polar surface area (TPSA) is 88.5 Å². The number of nitrogens with zero attached hydrogens (tertiary/aromatic N) is 5. The van der Waals surface area contributed by atoms with Crippen molar-refractivity contribution in [1.82, 2.24) is 15.0 Å². The summed E-state index contributed by atoms with van der Waals surface area (Å²) >= 11 is 0. The van der Waals surface area contributed by atoms with Crippen LogP contribution in [0.15, 0.2) is 60.9 Å². The molecule has 1 aliphatic carbocycles. The van der Waals surface area contributed by atoms with E-state index in [9.17, 15) is 34.8 Å². The van der Waals surface area contributed by atoms with Crippen molar-refractivity contribution in [3.8, 4) is 5.75 Å². The van der Waals surface area contributed by atoms with E-state index in [1.54, 1.807) is 11.8 Å². The lowest BCUT2D eigenvalue weighted by Crippen LogP contribution is -2.33. The third-order valence-electron chi connectivity index (χ3n) is 9.11. The predicted molar refractivity (Wildman–Crippen MR) is 184 cm³/mol. The number of sulfone groups is 1. The molecule has 1 aliphatic rings. The number of alkyl halides is 6. The lowest BCUT2D eigenvalue weighted by Gasteiger charge is -2.34. The number of hydrogen-bond donors (Lipinski definition) is 0. The van der Waals surface area contributed by atoms with E-state index >= 15 is 0 Å². The Bertz CT molecular complexity index is 1870. The van der Waals surface area contributed by atoms with E-state index in [1.807, 2.05) is 37.3 Å². The molecule has 0 radical (unpaired) electrons. The molecule has 1 saturated carbocycles. The third-order valence-corrected chi connectivity index (χ3v) is 10.0. The summed E-state index contributed by atoms with van der Waals surface area (Å²) in [5.41, 5.74) is -1.58. The fourth-order valence-corrected chi connectivity index (χ4v) is 6.95. The summed E-state index contributed by atoms with van der Waals surface area (Å²) in [6.45, 7) is 4.92. The van der Waals surface area contributed by atoms with Crippen LogP contribution in [0.4, 0.5) is 38.1 Å². The van der Waals surface area contributed by atoms with Crippen LogP contribution < -0.4 is 14.5 Å². The molecule has 2 aromatic heterocycles. The number of pyridine rings is 1. The summed E-state index contributed by atoms with van der Waals surface area (Å²) in [7, 11) is -3.31. The highest BCUT2D eigenvalue weighted by atomic mass is 32.2. The van der Waals surface area contributed by atoms with Crippen LogP contribution >= 0.6 is 0 Å². The van der Waals surface area contributed by atoms with Crippen molar-refractivity contribution in [3.63, 3.8) is 0 Å². The number of benzene rings is 2. The molecular weight excluding hydrogens is 696 g/mol. The van der Waals surface area contributed by atoms with E-state index in [4.69, 9.17) is 9.72 Å². The lowest BCUT2D eigenvalue weighted by atomic mass is 9.96. The van der Waals surface area contributed by atoms with Gasteiger partial charge in [0.15, 0.2) is 15.6 Å². The zero-order chi connectivity index (χ0) is 37.0. The van der Waals surface area contributed by atoms with Gasteiger partial charge in [0.1, 0.15) is 12.4 Å². The van der Waals surface area contributed by atoms with Gasteiger partial charge in [0, 0.05) is 30.3 Å². The summed E-state index contributed by atoms with van der Waals surface area (Å²) in [4.78, 5) is 17.7. The monoisotopic (exact) mass is 737 g/mol. The Labute approximate surface area is 293 Å². The van der Waals surface area contributed by atoms with Crippen molar-refractivity contribution in [3.05, 3.63) is 83.2 Å². The second-order valence-electron chi connectivity index (χ2n) is 12.9. The minimum atomic E-state index is -5.03. The van der Waals surface area contributed by atoms with Crippen molar-refractivity contribution < 1.29 is 39.5 Å². The second kappa shape index (κ2) is 15.6. The zero-order valence-electron chi connectivity index (χ0n) is 28.6. The maximum absolute atomic E-state index is 14.0. The fraction of sp³-hybridized carbons (Fsp3) is 0.472. The Morgan fingerprint density at radius 3 is 2.12 bits per heavy atom. The summed E-state index contributed by atoms with van der Waals surface area (Å²) < 4.78 is 113. The number of anilines is 2. The molecule has 5 rings (SSSR count). The maximum Gasteiger partial charge on any atom is 0.416 e. The molecule has 0 bridgehead atoms. The molecule has 8 nitrogen and oxygen atoms in total. The number of ether oxygens (including phenoxy) is 1. The molecule has 0 saturated heterocycles. The van der Waals surface area contributed by atoms with Crippen LogP contribution in [0.1, 0.15) is 74.2 Å². The van der Waals surface area contributed by atoms with E-state index in [1.165, 1.54) is 12.4 Å². The normalized spacial score (nSPS) is 14.9. The van der Waals surface area contributed by atoms with Crippen molar-refractivity contribution >= 4 is 32.5 Å². The number of aromatic nitrogens is 3. The van der Waals surface area contributed by atoms with Gasteiger partial charge in [-0.1, -0.05) is 38.0 Å². The van der Waals surface area contributed by atoms with Gasteiger partial charge < -0.3 is 14.5 Å². The molecular formula is C36H41F6N5O3S. The Morgan fingerprint density at radius 2 is 1.55 bits per heavy atom. The minimum Gasteiger partial charge on any atom is -0.489 e. The summed E-state index contributed by atoms with van der Waals surface area (Å²) in [5.74, 6) is 1.07. The molecule has 0 amide bonds. The van der Waals surface area contributed by atoms with Crippen molar-refractivity contribution in [2.75, 3.05) is 41.5 Å². The van der Waals surface area contributed by atoms with Gasteiger partial charge in [-0.2, -0.15) is 26.3 Å². The maximum atomic E-state index is 14.0. The molecule has 15 heteroatoms. The Balaban J connectivity index is 1.64. The van der Waals surface area contributed by atoms with Crippen LogP contribution in [-0.2, 0) is 28.7 Å². The van der Waals surface area contributed by atoms with E-state index < -0.39 is 39.4 Å². The molecule has 1 atom stereocenters. The van der Waals surface area contributed by atoms with Crippen LogP contribution in [0, 0.1) is 5.92 Å². The molecule has 2 heterocycles. The van der Waals surface area contributed by atoms with Gasteiger partial charge in [-0.05, 0) is 68.0 Å². The van der Waals surface area contributed by atoms with E-state index in [2.05, 4.69) is 14.9 Å². The summed E-state index contributed by atoms with van der Waals surface area (Å²) in [5, 5.41) is 0.815. The minimum absolute atomic E-state index is 0.00127. The van der Waals surface area contributed by atoms with Crippen LogP contribution in [0.3, 0.4) is 0 Å². The SMILES string of the molecule is CCC(c1cc(C(F)(F)F)cc(C(F)(F)F)c1)N(Cc1cc2ccccc2nc1N(CC)CC1CCCC1)c1ncc(OCCS(C)(=O)=O)cn1. The first-order valence-corrected chi connectivity index (χ1v) is 18.9. The zero-order valence-corrected chi connectivity index (χ0v) is 29.5. The number of rotatable bonds is 14. The smallest absolute Gasteiger partial charge is 0.416 e. The first kappa shape index (κ1) is 38.1. The first-order valence-electron chi connectivity index (χ1n) is 16.9. The lowest BCUT2D eigenvalue weighted by molar-refractivity contribution is -0.143. The number of para-hydroxylation sites is 1. The number of hydrogen-bond acceptors (Lipinski definition) is 8. The van der Waals surface area contributed by atoms with Gasteiger partial charge in [0.2, 0.25) is 5.95 Å². The van der Waals surface area contributed by atoms with Crippen LogP contribution in [-0.4, -0.2) is 55.1 Å². The molecule has 0 spiro atoms. The van der Waals surface area contributed by atoms with E-state index in [-0.39, 0.29) is 48.7 Å². The number of halogens is 6. The highest BCUT2D eigenvalue weighted by molar-refractivity contribution is 7.90. The highest BCUT2D eigenvalue weighted by Crippen LogP contribution is 2.41. The number of fused-ring (bicyclic) bond motifs is 1. The Hall–Kier alpha value is -4.14. The largest absolute Gasteiger partial charge is 0.489 e. The molecule has 0 aliphatic heterocycles. The molecule has 1 unspecified atom stereocenters. The highest BCUT2D eigenvalue weighted by Gasteiger charge is 2.38. The van der Waals surface area contributed by atoms with Crippen LogP contribution in [0.25, 0.3) is 10.9 Å². The van der Waals surface area contributed by atoms with Gasteiger partial charge in [0.25, 0.3) is 0 Å². The average molecular weight is 738 g/mol. The predicted octanol–water partition coefficient (Wildman–Crippen LogP) is 8.66. The molecule has 51 heavy (non-hydrogen) atoms. The summed E-state index contributed by atoms with van der Waals surface area (Å²) in [6, 6.07) is 10.1. The fourth-order valence-electron chi connectivity index (χ4n) is 6.56. The van der Waals surface area contributed by atoms with Gasteiger partial charge in [0.05, 0.1) is 47.4 Å². The summed E-state index contributed by atoms with van der Waals surface area (Å²) in [6.07, 6.45) is -1.81. The van der Waals surface area contributed by atoms with Gasteiger partial charge in [-0.3, -0.25) is 0 Å². The van der Waals surface area contributed by atoms with Crippen LogP contribution in [0.2, 0.25) is 0 Å². The van der Waals surface area contributed by atoms with Crippen molar-refractivity contribution in [1.29, 1.82) is 0 Å². The standard InChI is InChI=1S/C36H41F6N5O3S/c1-4-32(26-17-28(35(37,38)39)19-29(18-26)36(40,41)42)47(34-43-20-30(21-44-34)50-14-15-51(3,48)49)23-27-16-25-12-8-9-13-31(25)45-33(27)46(5-2)22-24-10-6-7-11-24/h8-9,12-13,16-21,24,32H,4-7,10-11,14-15,22-23H2,1-3H3. The molecule has 0 N–H and O–H groups in total. The Kier molecular flexibility index (Phi) is 11.7. The van der Waals surface area contributed by atoms with Crippen LogP contribution in [0.5, 0.6) is 5.75 Å². The third kappa shape index (κ3) is 9.80. The molecule has 1 fully saturated rings. The second-order valence-corrected chi connectivity index (χ2v) is 15.2. The molecule has 276 valence electrons. The molecule has 2 aromatic carbocycles. The first-order chi connectivity index (χ1) is 24.1. The quantitative estimate of drug-likeness (QED) is 0.119. The molecule has 4 aromatic rings.